The van der Waals surface area contributed by atoms with Crippen molar-refractivity contribution >= 4 is 23.2 Å². The number of anilines is 1. The van der Waals surface area contributed by atoms with Gasteiger partial charge in [0.05, 0.1) is 5.71 Å². The second-order valence-electron chi connectivity index (χ2n) is 7.33. The van der Waals surface area contributed by atoms with E-state index in [-0.39, 0.29) is 24.7 Å². The lowest BCUT2D eigenvalue weighted by molar-refractivity contribution is -0.124. The molecule has 2 N–H and O–H groups in total. The summed E-state index contributed by atoms with van der Waals surface area (Å²) in [5, 5.41) is 7.11. The van der Waals surface area contributed by atoms with Crippen molar-refractivity contribution < 1.29 is 9.59 Å². The van der Waals surface area contributed by atoms with Crippen molar-refractivity contribution in [3.63, 3.8) is 0 Å². The summed E-state index contributed by atoms with van der Waals surface area (Å²) in [4.78, 5) is 24.1. The first-order valence-electron chi connectivity index (χ1n) is 9.31. The third-order valence-corrected chi connectivity index (χ3v) is 4.85. The Kier molecular flexibility index (Phi) is 7.11. The molecule has 0 bridgehead atoms. The van der Waals surface area contributed by atoms with Gasteiger partial charge in [0.2, 0.25) is 11.8 Å². The Balaban J connectivity index is 1.83. The maximum absolute atomic E-state index is 12.1. The number of carbonyl (C=O) groups is 2. The van der Waals surface area contributed by atoms with E-state index in [4.69, 9.17) is 0 Å². The van der Waals surface area contributed by atoms with Crippen molar-refractivity contribution in [3.05, 3.63) is 53.1 Å². The van der Waals surface area contributed by atoms with Crippen molar-refractivity contribution in [1.29, 1.82) is 0 Å². The van der Waals surface area contributed by atoms with E-state index in [9.17, 15) is 9.59 Å². The van der Waals surface area contributed by atoms with Crippen LogP contribution in [0.15, 0.2) is 47.1 Å². The van der Waals surface area contributed by atoms with Crippen molar-refractivity contribution in [2.24, 2.45) is 11.0 Å². The molecule has 0 aromatic heterocycles. The molecule has 1 aliphatic rings. The molecule has 0 saturated carbocycles. The van der Waals surface area contributed by atoms with Gasteiger partial charge in [0.15, 0.2) is 0 Å². The second-order valence-corrected chi connectivity index (χ2v) is 7.33. The average molecular weight is 367 g/mol. The fourth-order valence-corrected chi connectivity index (χ4v) is 3.00. The fraction of sp³-hybridized carbons (Fsp3) is 0.409. The van der Waals surface area contributed by atoms with E-state index in [1.165, 1.54) is 0 Å². The largest absolute Gasteiger partial charge is 0.326 e. The Labute approximate surface area is 161 Å². The predicted molar refractivity (Wildman–Crippen MR) is 111 cm³/mol. The minimum atomic E-state index is -0.261. The van der Waals surface area contributed by atoms with Gasteiger partial charge >= 0.3 is 0 Å². The zero-order valence-corrected chi connectivity index (χ0v) is 16.7. The quantitative estimate of drug-likeness (QED) is 0.577. The van der Waals surface area contributed by atoms with Crippen molar-refractivity contribution in [2.45, 2.75) is 53.4 Å². The normalized spacial score (nSPS) is 18.0. The number of amides is 2. The highest BCUT2D eigenvalue weighted by atomic mass is 16.2. The molecule has 5 heteroatoms. The number of benzene rings is 1. The number of rotatable bonds is 6. The summed E-state index contributed by atoms with van der Waals surface area (Å²) in [6.45, 7) is 12.0. The molecule has 0 radical (unpaired) electrons. The molecular weight excluding hydrogens is 338 g/mol. The van der Waals surface area contributed by atoms with Crippen LogP contribution in [0, 0.1) is 19.8 Å². The average Bonchev–Trinajstić information content (AvgIpc) is 2.61. The smallest absolute Gasteiger partial charge is 0.240 e. The molecule has 5 nitrogen and oxygen atoms in total. The van der Waals surface area contributed by atoms with Gasteiger partial charge in [-0.25, -0.2) is 5.43 Å². The lowest BCUT2D eigenvalue weighted by atomic mass is 9.85. The molecular formula is C22H29N3O2. The van der Waals surface area contributed by atoms with Gasteiger partial charge in [0.25, 0.3) is 0 Å². The van der Waals surface area contributed by atoms with E-state index in [0.717, 1.165) is 46.5 Å². The number of hydrazone groups is 1. The van der Waals surface area contributed by atoms with E-state index < -0.39 is 0 Å². The van der Waals surface area contributed by atoms with Gasteiger partial charge in [0.1, 0.15) is 0 Å². The third kappa shape index (κ3) is 6.20. The Hall–Kier alpha value is -2.69. The molecule has 0 spiro atoms. The van der Waals surface area contributed by atoms with E-state index in [1.807, 2.05) is 45.9 Å². The zero-order valence-electron chi connectivity index (χ0n) is 16.7. The SMILES string of the molecule is C=C(C)[C@@H]1CC=C(C)/C(=N/NC(=O)CCC(=O)Nc2ccc(C)cc2C)C1. The molecule has 0 aliphatic heterocycles. The third-order valence-electron chi connectivity index (χ3n) is 4.85. The minimum Gasteiger partial charge on any atom is -0.326 e. The first-order valence-corrected chi connectivity index (χ1v) is 9.31. The van der Waals surface area contributed by atoms with Crippen LogP contribution in [-0.2, 0) is 9.59 Å². The van der Waals surface area contributed by atoms with Crippen molar-refractivity contribution in [2.75, 3.05) is 5.32 Å². The Morgan fingerprint density at radius 2 is 1.89 bits per heavy atom. The molecule has 0 saturated heterocycles. The van der Waals surface area contributed by atoms with Gasteiger partial charge in [0, 0.05) is 18.5 Å². The molecule has 144 valence electrons. The number of hydrogen-bond donors (Lipinski definition) is 2. The van der Waals surface area contributed by atoms with Gasteiger partial charge < -0.3 is 5.32 Å². The van der Waals surface area contributed by atoms with Crippen LogP contribution in [0.5, 0.6) is 0 Å². The van der Waals surface area contributed by atoms with Crippen LogP contribution in [0.2, 0.25) is 0 Å². The topological polar surface area (TPSA) is 70.6 Å². The zero-order chi connectivity index (χ0) is 20.0. The summed E-state index contributed by atoms with van der Waals surface area (Å²) in [6.07, 6.45) is 4.09. The van der Waals surface area contributed by atoms with Gasteiger partial charge in [-0.1, -0.05) is 35.9 Å². The number of carbonyl (C=O) groups excluding carboxylic acids is 2. The van der Waals surface area contributed by atoms with E-state index >= 15 is 0 Å². The van der Waals surface area contributed by atoms with Crippen LogP contribution in [0.1, 0.15) is 50.7 Å². The lowest BCUT2D eigenvalue weighted by Gasteiger charge is -2.22. The monoisotopic (exact) mass is 367 g/mol. The summed E-state index contributed by atoms with van der Waals surface area (Å²) >= 11 is 0. The molecule has 0 fully saturated rings. The number of aryl methyl sites for hydroxylation is 2. The molecule has 0 heterocycles. The Morgan fingerprint density at radius 1 is 1.19 bits per heavy atom. The first-order chi connectivity index (χ1) is 12.8. The summed E-state index contributed by atoms with van der Waals surface area (Å²) in [5.74, 6) is -0.0720. The molecule has 1 atom stereocenters. The number of allylic oxidation sites excluding steroid dienone is 3. The Bertz CT molecular complexity index is 806. The maximum Gasteiger partial charge on any atom is 0.240 e. The molecule has 27 heavy (non-hydrogen) atoms. The van der Waals surface area contributed by atoms with E-state index in [0.29, 0.717) is 5.92 Å². The number of nitrogens with zero attached hydrogens (tertiary/aromatic N) is 1. The van der Waals surface area contributed by atoms with Crippen LogP contribution in [-0.4, -0.2) is 17.5 Å². The highest BCUT2D eigenvalue weighted by Crippen LogP contribution is 2.26. The summed E-state index contributed by atoms with van der Waals surface area (Å²) < 4.78 is 0. The highest BCUT2D eigenvalue weighted by Gasteiger charge is 2.19. The predicted octanol–water partition coefficient (Wildman–Crippen LogP) is 4.43. The van der Waals surface area contributed by atoms with Gasteiger partial charge in [-0.05, 0) is 63.7 Å². The van der Waals surface area contributed by atoms with Crippen LogP contribution in [0.25, 0.3) is 0 Å². The minimum absolute atomic E-state index is 0.0974. The summed E-state index contributed by atoms with van der Waals surface area (Å²) in [5.41, 5.74) is 8.59. The fourth-order valence-electron chi connectivity index (χ4n) is 3.00. The molecule has 0 unspecified atom stereocenters. The van der Waals surface area contributed by atoms with Crippen LogP contribution < -0.4 is 10.7 Å². The van der Waals surface area contributed by atoms with Gasteiger partial charge in [-0.15, -0.1) is 0 Å². The summed E-state index contributed by atoms with van der Waals surface area (Å²) in [6, 6.07) is 5.84. The lowest BCUT2D eigenvalue weighted by Crippen LogP contribution is -2.24. The summed E-state index contributed by atoms with van der Waals surface area (Å²) in [7, 11) is 0. The maximum atomic E-state index is 12.1. The van der Waals surface area contributed by atoms with Crippen LogP contribution in [0.3, 0.4) is 0 Å². The standard InChI is InChI=1S/C22H29N3O2/c1-14(2)18-8-7-16(4)20(13-18)24-25-22(27)11-10-21(26)23-19-9-6-15(3)12-17(19)5/h6-7,9,12,18H,1,8,10-11,13H2,2-5H3,(H,23,26)(H,25,27)/b24-20+/t18-/m1/s1. The van der Waals surface area contributed by atoms with Crippen LogP contribution >= 0.6 is 0 Å². The first kappa shape index (κ1) is 20.6. The second kappa shape index (κ2) is 9.31. The van der Waals surface area contributed by atoms with Crippen molar-refractivity contribution in [3.8, 4) is 0 Å². The van der Waals surface area contributed by atoms with Gasteiger partial charge in [-0.2, -0.15) is 5.10 Å². The number of hydrogen-bond acceptors (Lipinski definition) is 3. The molecule has 1 aromatic carbocycles. The molecule has 2 rings (SSSR count). The van der Waals surface area contributed by atoms with Gasteiger partial charge in [-0.3, -0.25) is 9.59 Å². The van der Waals surface area contributed by atoms with E-state index in [2.05, 4.69) is 28.5 Å². The van der Waals surface area contributed by atoms with Crippen LogP contribution in [0.4, 0.5) is 5.69 Å². The molecule has 1 aromatic rings. The highest BCUT2D eigenvalue weighted by molar-refractivity contribution is 6.01. The van der Waals surface area contributed by atoms with E-state index in [1.54, 1.807) is 0 Å². The van der Waals surface area contributed by atoms with Crippen molar-refractivity contribution in [1.82, 2.24) is 5.43 Å². The molecule has 2 amide bonds. The number of nitrogens with one attached hydrogen (secondary N) is 2. The molecule has 1 aliphatic carbocycles. The Morgan fingerprint density at radius 3 is 2.56 bits per heavy atom.